The highest BCUT2D eigenvalue weighted by molar-refractivity contribution is 6.35. The molecular formula is C31H25N3O6. The van der Waals surface area contributed by atoms with E-state index in [-0.39, 0.29) is 5.56 Å². The molecule has 4 aromatic carbocycles. The van der Waals surface area contributed by atoms with E-state index in [9.17, 15) is 19.2 Å². The molecule has 0 aliphatic carbocycles. The van der Waals surface area contributed by atoms with E-state index in [2.05, 4.69) is 10.2 Å². The number of ether oxygens (including phenoxy) is 2. The molecule has 40 heavy (non-hydrogen) atoms. The SMILES string of the molecule is O=C(COC(=O)c1ccc(N2C(=O)c3cccc4cccc(c34)C2=O)cc1)Nc1ccc(N2CCOCC2)cc1. The van der Waals surface area contributed by atoms with Crippen LogP contribution < -0.4 is 15.1 Å². The maximum atomic E-state index is 13.2. The van der Waals surface area contributed by atoms with E-state index in [0.29, 0.717) is 41.1 Å². The zero-order valence-corrected chi connectivity index (χ0v) is 21.5. The van der Waals surface area contributed by atoms with Crippen LogP contribution in [0, 0.1) is 0 Å². The Kier molecular flexibility index (Phi) is 6.71. The maximum Gasteiger partial charge on any atom is 0.338 e. The summed E-state index contributed by atoms with van der Waals surface area (Å²) in [6.45, 7) is 2.55. The smallest absolute Gasteiger partial charge is 0.338 e. The van der Waals surface area contributed by atoms with Gasteiger partial charge in [-0.2, -0.15) is 0 Å². The number of rotatable bonds is 6. The van der Waals surface area contributed by atoms with Gasteiger partial charge in [-0.15, -0.1) is 0 Å². The normalized spacial score (nSPS) is 14.8. The van der Waals surface area contributed by atoms with Gasteiger partial charge in [-0.25, -0.2) is 9.69 Å². The Balaban J connectivity index is 1.07. The van der Waals surface area contributed by atoms with Crippen LogP contribution in [0.15, 0.2) is 84.9 Å². The van der Waals surface area contributed by atoms with Gasteiger partial charge in [0.1, 0.15) is 0 Å². The second-order valence-corrected chi connectivity index (χ2v) is 9.47. The lowest BCUT2D eigenvalue weighted by molar-refractivity contribution is -0.119. The summed E-state index contributed by atoms with van der Waals surface area (Å²) in [6.07, 6.45) is 0. The van der Waals surface area contributed by atoms with Crippen molar-refractivity contribution in [1.82, 2.24) is 0 Å². The van der Waals surface area contributed by atoms with Crippen LogP contribution in [0.5, 0.6) is 0 Å². The summed E-state index contributed by atoms with van der Waals surface area (Å²) in [6, 6.07) is 24.1. The molecule has 1 saturated heterocycles. The van der Waals surface area contributed by atoms with E-state index in [0.717, 1.165) is 29.1 Å². The molecule has 0 unspecified atom stereocenters. The van der Waals surface area contributed by atoms with Crippen LogP contribution in [0.25, 0.3) is 10.8 Å². The minimum atomic E-state index is -0.698. The summed E-state index contributed by atoms with van der Waals surface area (Å²) in [5.74, 6) is -2.03. The van der Waals surface area contributed by atoms with Gasteiger partial charge in [-0.05, 0) is 66.0 Å². The number of nitrogens with one attached hydrogen (secondary N) is 1. The van der Waals surface area contributed by atoms with Crippen molar-refractivity contribution < 1.29 is 28.7 Å². The first kappa shape index (κ1) is 25.3. The van der Waals surface area contributed by atoms with Crippen molar-refractivity contribution in [3.63, 3.8) is 0 Å². The summed E-state index contributed by atoms with van der Waals surface area (Å²) in [5.41, 5.74) is 3.04. The van der Waals surface area contributed by atoms with Crippen LogP contribution >= 0.6 is 0 Å². The van der Waals surface area contributed by atoms with Crippen molar-refractivity contribution in [2.45, 2.75) is 0 Å². The van der Waals surface area contributed by atoms with E-state index < -0.39 is 30.3 Å². The maximum absolute atomic E-state index is 13.2. The predicted molar refractivity (Wildman–Crippen MR) is 150 cm³/mol. The molecule has 0 spiro atoms. The molecule has 6 rings (SSSR count). The second-order valence-electron chi connectivity index (χ2n) is 9.47. The molecule has 0 atom stereocenters. The fourth-order valence-corrected chi connectivity index (χ4v) is 5.00. The Bertz CT molecular complexity index is 1570. The predicted octanol–water partition coefficient (Wildman–Crippen LogP) is 4.27. The molecule has 1 N–H and O–H groups in total. The van der Waals surface area contributed by atoms with Gasteiger partial charge in [0.2, 0.25) is 0 Å². The van der Waals surface area contributed by atoms with E-state index >= 15 is 0 Å². The van der Waals surface area contributed by atoms with Crippen molar-refractivity contribution in [2.75, 3.05) is 48.0 Å². The topological polar surface area (TPSA) is 105 Å². The minimum absolute atomic E-state index is 0.186. The van der Waals surface area contributed by atoms with Crippen LogP contribution in [0.3, 0.4) is 0 Å². The minimum Gasteiger partial charge on any atom is -0.452 e. The summed E-state index contributed by atoms with van der Waals surface area (Å²) in [5, 5.41) is 4.18. The molecular weight excluding hydrogens is 510 g/mol. The standard InChI is InChI=1S/C31H25N3O6/c35-27(32-22-9-13-23(14-10-22)33-15-17-39-18-16-33)19-40-31(38)21-7-11-24(12-8-21)34-29(36)25-5-1-3-20-4-2-6-26(28(20)25)30(34)37/h1-14H,15-19H2,(H,32,35). The summed E-state index contributed by atoms with van der Waals surface area (Å²) in [7, 11) is 0. The number of imide groups is 1. The third-order valence-electron chi connectivity index (χ3n) is 6.99. The number of carbonyl (C=O) groups is 4. The molecule has 0 radical (unpaired) electrons. The van der Waals surface area contributed by atoms with Gasteiger partial charge in [0, 0.05) is 41.0 Å². The van der Waals surface area contributed by atoms with E-state index in [1.807, 2.05) is 24.3 Å². The Labute approximate surface area is 229 Å². The fourth-order valence-electron chi connectivity index (χ4n) is 5.00. The summed E-state index contributed by atoms with van der Waals surface area (Å²) < 4.78 is 10.5. The van der Waals surface area contributed by atoms with Crippen molar-refractivity contribution >= 4 is 51.5 Å². The molecule has 0 bridgehead atoms. The Hall–Kier alpha value is -5.02. The molecule has 9 nitrogen and oxygen atoms in total. The molecule has 2 aliphatic rings. The highest BCUT2D eigenvalue weighted by atomic mass is 16.5. The van der Waals surface area contributed by atoms with E-state index in [4.69, 9.17) is 9.47 Å². The van der Waals surface area contributed by atoms with Crippen molar-refractivity contribution in [1.29, 1.82) is 0 Å². The lowest BCUT2D eigenvalue weighted by Gasteiger charge is -2.28. The number of carbonyl (C=O) groups excluding carboxylic acids is 4. The Morgan fingerprint density at radius 2 is 1.38 bits per heavy atom. The third-order valence-corrected chi connectivity index (χ3v) is 6.99. The van der Waals surface area contributed by atoms with Gasteiger partial charge in [-0.1, -0.05) is 24.3 Å². The number of benzene rings is 4. The number of esters is 1. The number of anilines is 3. The molecule has 0 aromatic heterocycles. The molecule has 2 heterocycles. The van der Waals surface area contributed by atoms with Gasteiger partial charge in [0.25, 0.3) is 17.7 Å². The monoisotopic (exact) mass is 535 g/mol. The average Bonchev–Trinajstić information content (AvgIpc) is 3.00. The van der Waals surface area contributed by atoms with Crippen molar-refractivity contribution in [3.8, 4) is 0 Å². The molecule has 0 saturated carbocycles. The fraction of sp³-hybridized carbons (Fsp3) is 0.161. The zero-order valence-electron chi connectivity index (χ0n) is 21.5. The molecule has 3 amide bonds. The largest absolute Gasteiger partial charge is 0.452 e. The van der Waals surface area contributed by atoms with Crippen LogP contribution in [0.4, 0.5) is 17.1 Å². The van der Waals surface area contributed by atoms with E-state index in [1.54, 1.807) is 36.4 Å². The Morgan fingerprint density at radius 3 is 2.00 bits per heavy atom. The highest BCUT2D eigenvalue weighted by Crippen LogP contribution is 2.32. The first-order valence-corrected chi connectivity index (χ1v) is 12.9. The van der Waals surface area contributed by atoms with E-state index in [1.165, 1.54) is 24.3 Å². The number of nitrogens with zero attached hydrogens (tertiary/aromatic N) is 2. The average molecular weight is 536 g/mol. The zero-order chi connectivity index (χ0) is 27.6. The summed E-state index contributed by atoms with van der Waals surface area (Å²) in [4.78, 5) is 54.7. The first-order valence-electron chi connectivity index (χ1n) is 12.9. The van der Waals surface area contributed by atoms with Crippen molar-refractivity contribution in [2.24, 2.45) is 0 Å². The first-order chi connectivity index (χ1) is 19.5. The number of hydrogen-bond donors (Lipinski definition) is 1. The van der Waals surface area contributed by atoms with Crippen LogP contribution in [0.2, 0.25) is 0 Å². The Morgan fingerprint density at radius 1 is 0.775 bits per heavy atom. The summed E-state index contributed by atoms with van der Waals surface area (Å²) >= 11 is 0. The molecule has 1 fully saturated rings. The quantitative estimate of drug-likeness (QED) is 0.290. The van der Waals surface area contributed by atoms with Crippen LogP contribution in [-0.2, 0) is 14.3 Å². The second kappa shape index (κ2) is 10.6. The van der Waals surface area contributed by atoms with Crippen LogP contribution in [0.1, 0.15) is 31.1 Å². The van der Waals surface area contributed by atoms with Gasteiger partial charge in [-0.3, -0.25) is 14.4 Å². The van der Waals surface area contributed by atoms with Gasteiger partial charge < -0.3 is 19.7 Å². The van der Waals surface area contributed by atoms with Gasteiger partial charge >= 0.3 is 5.97 Å². The van der Waals surface area contributed by atoms with Crippen LogP contribution in [-0.4, -0.2) is 56.6 Å². The number of hydrogen-bond acceptors (Lipinski definition) is 7. The molecule has 200 valence electrons. The number of morpholine rings is 1. The molecule has 2 aliphatic heterocycles. The molecule has 4 aromatic rings. The van der Waals surface area contributed by atoms with Gasteiger partial charge in [0.05, 0.1) is 24.5 Å². The van der Waals surface area contributed by atoms with Crippen molar-refractivity contribution in [3.05, 3.63) is 102 Å². The number of amides is 3. The lowest BCUT2D eigenvalue weighted by Crippen LogP contribution is -2.40. The third kappa shape index (κ3) is 4.78. The molecule has 9 heteroatoms. The van der Waals surface area contributed by atoms with Gasteiger partial charge in [0.15, 0.2) is 6.61 Å². The highest BCUT2D eigenvalue weighted by Gasteiger charge is 2.33. The lowest BCUT2D eigenvalue weighted by atomic mass is 9.94.